The number of alkyl carbamates (subject to hydrolysis) is 2. The molecule has 13 unspecified atom stereocenters. The molecule has 20 heteroatoms. The lowest BCUT2D eigenvalue weighted by molar-refractivity contribution is -0.127. The molecule has 296 valence electrons. The van der Waals surface area contributed by atoms with Gasteiger partial charge in [-0.2, -0.15) is 0 Å². The molecule has 0 aromatic rings. The maximum absolute atomic E-state index is 13.4. The van der Waals surface area contributed by atoms with Crippen LogP contribution in [0.5, 0.6) is 0 Å². The Labute approximate surface area is 327 Å². The molecule has 0 aliphatic carbocycles. The molecule has 6 saturated heterocycles. The summed E-state index contributed by atoms with van der Waals surface area (Å²) in [6.07, 6.45) is 1.79. The highest BCUT2D eigenvalue weighted by molar-refractivity contribution is 8.02. The van der Waals surface area contributed by atoms with Gasteiger partial charge in [-0.1, -0.05) is 0 Å². The molecule has 16 nitrogen and oxygen atoms in total. The average Bonchev–Trinajstić information content (AvgIpc) is 3.90. The van der Waals surface area contributed by atoms with Gasteiger partial charge < -0.3 is 30.3 Å². The van der Waals surface area contributed by atoms with Crippen molar-refractivity contribution >= 4 is 82.9 Å². The number of hydrogen-bond donors (Lipinski definition) is 7. The Morgan fingerprint density at radius 3 is 2.28 bits per heavy atom. The highest BCUT2D eigenvalue weighted by atomic mass is 32.2. The van der Waals surface area contributed by atoms with Crippen molar-refractivity contribution in [3.63, 3.8) is 0 Å². The first-order valence-electron chi connectivity index (χ1n) is 18.5. The minimum absolute atomic E-state index is 0.102. The quantitative estimate of drug-likeness (QED) is 0.164. The van der Waals surface area contributed by atoms with Crippen LogP contribution in [-0.2, 0) is 28.7 Å². The third kappa shape index (κ3) is 10.5. The van der Waals surface area contributed by atoms with Crippen molar-refractivity contribution in [1.29, 1.82) is 0 Å². The lowest BCUT2D eigenvalue weighted by Gasteiger charge is -2.31. The summed E-state index contributed by atoms with van der Waals surface area (Å²) in [5.41, 5.74) is 0. The van der Waals surface area contributed by atoms with E-state index in [0.717, 1.165) is 32.4 Å². The van der Waals surface area contributed by atoms with E-state index >= 15 is 0 Å². The van der Waals surface area contributed by atoms with Gasteiger partial charge >= 0.3 is 12.2 Å². The van der Waals surface area contributed by atoms with Crippen LogP contribution in [-0.4, -0.2) is 135 Å². The fourth-order valence-corrected chi connectivity index (χ4v) is 13.7. The number of hydrogen-bond acceptors (Lipinski definition) is 16. The Morgan fingerprint density at radius 1 is 0.811 bits per heavy atom. The van der Waals surface area contributed by atoms with Gasteiger partial charge in [-0.25, -0.2) is 9.59 Å². The fourth-order valence-electron chi connectivity index (χ4n) is 7.76. The second kappa shape index (κ2) is 18.3. The number of ether oxygens (including phenoxy) is 2. The third-order valence-corrected chi connectivity index (χ3v) is 16.2. The molecule has 7 N–H and O–H groups in total. The summed E-state index contributed by atoms with van der Waals surface area (Å²) in [6.45, 7) is 7.47. The summed E-state index contributed by atoms with van der Waals surface area (Å²) < 4.78 is 10.5. The predicted octanol–water partition coefficient (Wildman–Crippen LogP) is 0.914. The Kier molecular flexibility index (Phi) is 14.1. The van der Waals surface area contributed by atoms with Crippen molar-refractivity contribution in [2.75, 3.05) is 32.5 Å². The number of rotatable bonds is 10. The van der Waals surface area contributed by atoms with Gasteiger partial charge in [0.1, 0.15) is 16.9 Å². The lowest BCUT2D eigenvalue weighted by Crippen LogP contribution is -2.51. The number of fused-ring (bicyclic) bond motifs is 2. The van der Waals surface area contributed by atoms with Gasteiger partial charge in [-0.15, -0.1) is 47.0 Å². The summed E-state index contributed by atoms with van der Waals surface area (Å²) in [5, 5.41) is 19.4. The smallest absolute Gasteiger partial charge is 0.414 e. The molecule has 0 radical (unpaired) electrons. The minimum Gasteiger partial charge on any atom is -0.450 e. The van der Waals surface area contributed by atoms with Gasteiger partial charge in [0.25, 0.3) is 0 Å². The normalized spacial score (nSPS) is 37.1. The number of carbonyl (C=O) groups excluding carboxylic acids is 6. The Bertz CT molecular complexity index is 1400. The Balaban J connectivity index is 0.978. The van der Waals surface area contributed by atoms with E-state index in [1.165, 1.54) is 35.3 Å². The van der Waals surface area contributed by atoms with E-state index in [1.54, 1.807) is 25.6 Å². The summed E-state index contributed by atoms with van der Waals surface area (Å²) in [4.78, 5) is 80.2. The summed E-state index contributed by atoms with van der Waals surface area (Å²) in [7, 11) is 2.08. The van der Waals surface area contributed by atoms with Crippen LogP contribution in [0.2, 0.25) is 0 Å². The van der Waals surface area contributed by atoms with E-state index in [4.69, 9.17) is 9.47 Å². The average molecular weight is 817 g/mol. The van der Waals surface area contributed by atoms with Gasteiger partial charge in [0, 0.05) is 35.2 Å². The first-order chi connectivity index (χ1) is 25.4. The van der Waals surface area contributed by atoms with Gasteiger partial charge in [-0.05, 0) is 78.6 Å². The van der Waals surface area contributed by atoms with E-state index in [-0.39, 0.29) is 46.5 Å². The van der Waals surface area contributed by atoms with Crippen LogP contribution < -0.4 is 37.2 Å². The van der Waals surface area contributed by atoms with Crippen molar-refractivity contribution in [2.24, 2.45) is 11.8 Å². The van der Waals surface area contributed by atoms with Gasteiger partial charge in [-0.3, -0.25) is 40.4 Å². The Hall–Kier alpha value is -1.94. The first kappa shape index (κ1) is 40.7. The second-order valence-electron chi connectivity index (χ2n) is 14.6. The van der Waals surface area contributed by atoms with Crippen LogP contribution in [0.25, 0.3) is 0 Å². The number of thioether (sulfide) groups is 4. The van der Waals surface area contributed by atoms with E-state index < -0.39 is 58.1 Å². The molecule has 0 bridgehead atoms. The zero-order valence-corrected chi connectivity index (χ0v) is 33.7. The molecular formula is C33H52N8O8S4. The predicted molar refractivity (Wildman–Crippen MR) is 206 cm³/mol. The van der Waals surface area contributed by atoms with Crippen LogP contribution in [0.1, 0.15) is 59.3 Å². The monoisotopic (exact) mass is 816 g/mol. The molecule has 0 spiro atoms. The summed E-state index contributed by atoms with van der Waals surface area (Å²) >= 11 is 6.04. The Morgan fingerprint density at radius 2 is 1.51 bits per heavy atom. The molecule has 6 fully saturated rings. The second-order valence-corrected chi connectivity index (χ2v) is 19.9. The van der Waals surface area contributed by atoms with Crippen LogP contribution in [0.3, 0.4) is 0 Å². The lowest BCUT2D eigenvalue weighted by atomic mass is 9.99. The van der Waals surface area contributed by atoms with Crippen LogP contribution in [0.4, 0.5) is 9.59 Å². The topological polar surface area (TPSA) is 208 Å². The summed E-state index contributed by atoms with van der Waals surface area (Å²) in [6, 6.07) is 0.796. The maximum Gasteiger partial charge on any atom is 0.414 e. The largest absolute Gasteiger partial charge is 0.450 e. The third-order valence-electron chi connectivity index (χ3n) is 10.5. The van der Waals surface area contributed by atoms with E-state index in [1.807, 2.05) is 0 Å². The van der Waals surface area contributed by atoms with Crippen molar-refractivity contribution in [3.8, 4) is 0 Å². The number of nitrogens with zero attached hydrogens (tertiary/aromatic N) is 1. The van der Waals surface area contributed by atoms with Crippen LogP contribution in [0.15, 0.2) is 0 Å². The van der Waals surface area contributed by atoms with Crippen LogP contribution in [0, 0.1) is 11.8 Å². The number of nitrogens with one attached hydrogen (secondary N) is 7. The molecule has 0 aromatic heterocycles. The van der Waals surface area contributed by atoms with Crippen LogP contribution >= 0.6 is 47.0 Å². The van der Waals surface area contributed by atoms with Gasteiger partial charge in [0.2, 0.25) is 23.6 Å². The van der Waals surface area contributed by atoms with Crippen molar-refractivity contribution in [3.05, 3.63) is 0 Å². The molecule has 53 heavy (non-hydrogen) atoms. The van der Waals surface area contributed by atoms with E-state index in [9.17, 15) is 28.8 Å². The maximum atomic E-state index is 13.4. The van der Waals surface area contributed by atoms with Gasteiger partial charge in [0.15, 0.2) is 0 Å². The molecule has 13 atom stereocenters. The minimum atomic E-state index is -0.885. The number of likely N-dealkylation sites (N-methyl/N-ethyl adjacent to an activating group) is 1. The highest BCUT2D eigenvalue weighted by Crippen LogP contribution is 2.41. The zero-order valence-electron chi connectivity index (χ0n) is 30.4. The molecule has 0 aromatic carbocycles. The zero-order chi connectivity index (χ0) is 37.8. The molecule has 6 rings (SSSR count). The van der Waals surface area contributed by atoms with Crippen molar-refractivity contribution in [1.82, 2.24) is 42.1 Å². The number of amides is 6. The molecule has 6 amide bonds. The SMILES string of the molecule is CCOC(=O)NC(=O)C1CC(CC(C)OC(=O)NC(=O)C2CCSC2NC(=O)C2NC3CN(C)CCC3S2)SC1NC(=O)C1NC2CCC(C)NC2S1. The number of carbonyl (C=O) groups is 6. The molecule has 6 heterocycles. The van der Waals surface area contributed by atoms with E-state index in [2.05, 4.69) is 56.1 Å². The van der Waals surface area contributed by atoms with Crippen molar-refractivity contribution < 1.29 is 38.2 Å². The standard InChI is InChI=1S/C33H52N8O8S4/c1-5-48-32(46)39-24(43)19-13-17(51-28(19)38-26(45)31-35-20-7-6-15(2)34-29(20)53-31)12-16(3)49-33(47)40-23(42)18-9-11-50-27(18)37-25(44)30-36-21-14-41(4)10-8-22(21)52-30/h15-22,27-31,34-36H,5-14H2,1-4H3,(H,37,44)(H,38,45)(H,39,43,46)(H,40,42,47). The summed E-state index contributed by atoms with van der Waals surface area (Å²) in [5.74, 6) is -2.10. The molecular weight excluding hydrogens is 765 g/mol. The first-order valence-corrected chi connectivity index (χ1v) is 22.4. The van der Waals surface area contributed by atoms with Crippen molar-refractivity contribution in [2.45, 2.75) is 121 Å². The number of piperidine rings is 2. The molecule has 6 aliphatic heterocycles. The van der Waals surface area contributed by atoms with Gasteiger partial charge in [0.05, 0.1) is 34.6 Å². The highest BCUT2D eigenvalue weighted by Gasteiger charge is 2.46. The molecule has 0 saturated carbocycles. The molecule has 6 aliphatic rings. The van der Waals surface area contributed by atoms with E-state index in [0.29, 0.717) is 36.3 Å². The number of imide groups is 2. The fraction of sp³-hybridized carbons (Fsp3) is 0.818. The number of likely N-dealkylation sites (tertiary alicyclic amines) is 1.